The average Bonchev–Trinajstić information content (AvgIpc) is 2.82. The molecule has 1 aromatic heterocycles. The molecule has 0 N–H and O–H groups in total. The van der Waals surface area contributed by atoms with Crippen molar-refractivity contribution in [2.24, 2.45) is 5.92 Å². The topological polar surface area (TPSA) is 56.3 Å². The van der Waals surface area contributed by atoms with Crippen molar-refractivity contribution in [3.05, 3.63) is 35.3 Å². The average molecular weight is 325 g/mol. The Morgan fingerprint density at radius 1 is 1.38 bits per heavy atom. The first kappa shape index (κ1) is 16.0. The molecule has 2 rings (SSSR count). The van der Waals surface area contributed by atoms with Gasteiger partial charge in [-0.15, -0.1) is 11.3 Å². The van der Waals surface area contributed by atoms with Crippen LogP contribution in [-0.4, -0.2) is 32.0 Å². The van der Waals surface area contributed by atoms with Crippen LogP contribution in [0, 0.1) is 12.8 Å². The summed E-state index contributed by atoms with van der Waals surface area (Å²) in [6.07, 6.45) is 1.24. The number of benzene rings is 1. The molecule has 0 bridgehead atoms. The van der Waals surface area contributed by atoms with Crippen molar-refractivity contribution in [3.8, 4) is 16.3 Å². The fraction of sp³-hybridized carbons (Fsp3) is 0.400. The summed E-state index contributed by atoms with van der Waals surface area (Å²) in [6.45, 7) is 4.22. The first-order valence-electron chi connectivity index (χ1n) is 6.66. The summed E-state index contributed by atoms with van der Waals surface area (Å²) in [5.41, 5.74) is 2.02. The van der Waals surface area contributed by atoms with Crippen LogP contribution in [0.5, 0.6) is 5.75 Å². The van der Waals surface area contributed by atoms with Gasteiger partial charge in [-0.2, -0.15) is 0 Å². The van der Waals surface area contributed by atoms with E-state index >= 15 is 0 Å². The number of aryl methyl sites for hydroxylation is 1. The molecule has 0 amide bonds. The molecule has 0 saturated carbocycles. The zero-order valence-electron chi connectivity index (χ0n) is 12.4. The molecule has 0 radical (unpaired) electrons. The lowest BCUT2D eigenvalue weighted by Crippen LogP contribution is -2.18. The quantitative estimate of drug-likeness (QED) is 0.818. The van der Waals surface area contributed by atoms with Crippen molar-refractivity contribution >= 4 is 21.2 Å². The van der Waals surface area contributed by atoms with E-state index in [0.717, 1.165) is 22.0 Å². The highest BCUT2D eigenvalue weighted by molar-refractivity contribution is 7.90. The lowest BCUT2D eigenvalue weighted by molar-refractivity contribution is 0.272. The SMILES string of the molecule is Cc1csc(-c2cccc(OC[C@H](C)CS(C)(=O)=O)c2)n1. The highest BCUT2D eigenvalue weighted by Crippen LogP contribution is 2.26. The van der Waals surface area contributed by atoms with Crippen LogP contribution in [0.2, 0.25) is 0 Å². The number of rotatable bonds is 6. The van der Waals surface area contributed by atoms with Crippen LogP contribution in [0.3, 0.4) is 0 Å². The normalized spacial score (nSPS) is 13.1. The van der Waals surface area contributed by atoms with Gasteiger partial charge in [0.1, 0.15) is 20.6 Å². The Bertz CT molecular complexity index is 707. The molecule has 21 heavy (non-hydrogen) atoms. The van der Waals surface area contributed by atoms with Gasteiger partial charge in [-0.1, -0.05) is 19.1 Å². The number of thiazole rings is 1. The number of hydrogen-bond donors (Lipinski definition) is 0. The van der Waals surface area contributed by atoms with Gasteiger partial charge in [0.2, 0.25) is 0 Å². The molecule has 6 heteroatoms. The van der Waals surface area contributed by atoms with Gasteiger partial charge in [0.15, 0.2) is 0 Å². The molecule has 0 fully saturated rings. The molecule has 1 atom stereocenters. The van der Waals surface area contributed by atoms with Crippen molar-refractivity contribution in [1.29, 1.82) is 0 Å². The van der Waals surface area contributed by atoms with E-state index in [9.17, 15) is 8.42 Å². The van der Waals surface area contributed by atoms with Crippen molar-refractivity contribution in [2.45, 2.75) is 13.8 Å². The number of aromatic nitrogens is 1. The molecule has 0 aliphatic heterocycles. The van der Waals surface area contributed by atoms with Crippen molar-refractivity contribution in [3.63, 3.8) is 0 Å². The van der Waals surface area contributed by atoms with E-state index in [2.05, 4.69) is 4.98 Å². The van der Waals surface area contributed by atoms with Gasteiger partial charge < -0.3 is 4.74 Å². The van der Waals surface area contributed by atoms with E-state index < -0.39 is 9.84 Å². The highest BCUT2D eigenvalue weighted by Gasteiger charge is 2.11. The largest absolute Gasteiger partial charge is 0.493 e. The van der Waals surface area contributed by atoms with E-state index in [1.165, 1.54) is 6.26 Å². The zero-order valence-corrected chi connectivity index (χ0v) is 14.0. The molecule has 0 spiro atoms. The maximum atomic E-state index is 11.2. The summed E-state index contributed by atoms with van der Waals surface area (Å²) in [5, 5.41) is 2.97. The standard InChI is InChI=1S/C15H19NO3S2/c1-11(10-21(3,17)18)8-19-14-6-4-5-13(7-14)15-16-12(2)9-20-15/h4-7,9,11H,8,10H2,1-3H3/t11-/m0/s1. The molecule has 114 valence electrons. The monoisotopic (exact) mass is 325 g/mol. The summed E-state index contributed by atoms with van der Waals surface area (Å²) in [6, 6.07) is 7.72. The molecule has 1 aromatic carbocycles. The molecule has 0 aliphatic carbocycles. The van der Waals surface area contributed by atoms with Crippen LogP contribution in [0.25, 0.3) is 10.6 Å². The van der Waals surface area contributed by atoms with Gasteiger partial charge in [-0.25, -0.2) is 13.4 Å². The van der Waals surface area contributed by atoms with Crippen molar-refractivity contribution in [2.75, 3.05) is 18.6 Å². The summed E-state index contributed by atoms with van der Waals surface area (Å²) >= 11 is 1.60. The van der Waals surface area contributed by atoms with Crippen LogP contribution >= 0.6 is 11.3 Å². The minimum absolute atomic E-state index is 0.0363. The smallest absolute Gasteiger partial charge is 0.147 e. The number of sulfone groups is 1. The number of ether oxygens (including phenoxy) is 1. The second kappa shape index (κ2) is 6.58. The van der Waals surface area contributed by atoms with E-state index in [-0.39, 0.29) is 11.7 Å². The highest BCUT2D eigenvalue weighted by atomic mass is 32.2. The van der Waals surface area contributed by atoms with Crippen LogP contribution in [-0.2, 0) is 9.84 Å². The maximum Gasteiger partial charge on any atom is 0.147 e. The van der Waals surface area contributed by atoms with Gasteiger partial charge >= 0.3 is 0 Å². The molecular weight excluding hydrogens is 306 g/mol. The van der Waals surface area contributed by atoms with Gasteiger partial charge in [-0.3, -0.25) is 0 Å². The molecule has 0 unspecified atom stereocenters. The van der Waals surface area contributed by atoms with Crippen molar-refractivity contribution in [1.82, 2.24) is 4.98 Å². The number of nitrogens with zero attached hydrogens (tertiary/aromatic N) is 1. The summed E-state index contributed by atoms with van der Waals surface area (Å²) in [7, 11) is -2.96. The minimum atomic E-state index is -2.96. The third-order valence-electron chi connectivity index (χ3n) is 2.82. The van der Waals surface area contributed by atoms with Gasteiger partial charge in [0, 0.05) is 28.8 Å². The summed E-state index contributed by atoms with van der Waals surface area (Å²) in [5.74, 6) is 0.838. The Kier molecular flexibility index (Phi) is 5.00. The zero-order chi connectivity index (χ0) is 15.5. The molecular formula is C15H19NO3S2. The second-order valence-corrected chi connectivity index (χ2v) is 8.37. The van der Waals surface area contributed by atoms with Crippen LogP contribution in [0.15, 0.2) is 29.6 Å². The van der Waals surface area contributed by atoms with Crippen LogP contribution in [0.4, 0.5) is 0 Å². The third kappa shape index (κ3) is 5.13. The van der Waals surface area contributed by atoms with Gasteiger partial charge in [-0.05, 0) is 19.1 Å². The minimum Gasteiger partial charge on any atom is -0.493 e. The van der Waals surface area contributed by atoms with E-state index in [1.807, 2.05) is 43.5 Å². The third-order valence-corrected chi connectivity index (χ3v) is 5.01. The summed E-state index contributed by atoms with van der Waals surface area (Å²) < 4.78 is 28.2. The fourth-order valence-corrected chi connectivity index (χ4v) is 3.93. The summed E-state index contributed by atoms with van der Waals surface area (Å²) in [4.78, 5) is 4.45. The predicted octanol–water partition coefficient (Wildman–Crippen LogP) is 3.18. The van der Waals surface area contributed by atoms with Gasteiger partial charge in [0.05, 0.1) is 12.4 Å². The Balaban J connectivity index is 2.02. The second-order valence-electron chi connectivity index (χ2n) is 5.33. The van der Waals surface area contributed by atoms with E-state index in [1.54, 1.807) is 11.3 Å². The van der Waals surface area contributed by atoms with Crippen molar-refractivity contribution < 1.29 is 13.2 Å². The Morgan fingerprint density at radius 3 is 2.76 bits per heavy atom. The van der Waals surface area contributed by atoms with E-state index in [4.69, 9.17) is 4.74 Å². The number of hydrogen-bond acceptors (Lipinski definition) is 5. The van der Waals surface area contributed by atoms with Crippen LogP contribution in [0.1, 0.15) is 12.6 Å². The Hall–Kier alpha value is -1.40. The molecule has 0 aliphatic rings. The first-order chi connectivity index (χ1) is 9.83. The maximum absolute atomic E-state index is 11.2. The lowest BCUT2D eigenvalue weighted by Gasteiger charge is -2.12. The predicted molar refractivity (Wildman–Crippen MR) is 86.7 cm³/mol. The van der Waals surface area contributed by atoms with E-state index in [0.29, 0.717) is 6.61 Å². The van der Waals surface area contributed by atoms with Gasteiger partial charge in [0.25, 0.3) is 0 Å². The molecule has 0 saturated heterocycles. The molecule has 4 nitrogen and oxygen atoms in total. The Labute approximate surface area is 129 Å². The lowest BCUT2D eigenvalue weighted by atomic mass is 10.2. The molecule has 1 heterocycles. The Morgan fingerprint density at radius 2 is 2.14 bits per heavy atom. The fourth-order valence-electron chi connectivity index (χ4n) is 2.01. The van der Waals surface area contributed by atoms with Crippen LogP contribution < -0.4 is 4.74 Å². The first-order valence-corrected chi connectivity index (χ1v) is 9.60. The molecule has 2 aromatic rings.